The minimum Gasteiger partial charge on any atom is -0.389 e. The number of aliphatic hydroxyl groups excluding tert-OH is 1. The first-order chi connectivity index (χ1) is 7.18. The highest BCUT2D eigenvalue weighted by Gasteiger charge is 2.09. The van der Waals surface area contributed by atoms with E-state index in [-0.39, 0.29) is 0 Å². The maximum atomic E-state index is 9.44. The molecule has 1 N–H and O–H groups in total. The van der Waals surface area contributed by atoms with Crippen LogP contribution in [0.4, 0.5) is 0 Å². The van der Waals surface area contributed by atoms with Gasteiger partial charge < -0.3 is 5.11 Å². The molecular weight excluding hydrogens is 210 g/mol. The van der Waals surface area contributed by atoms with E-state index in [0.717, 1.165) is 16.1 Å². The molecule has 0 fully saturated rings. The lowest BCUT2D eigenvalue weighted by Crippen LogP contribution is -2.00. The second-order valence-corrected chi connectivity index (χ2v) is 4.16. The largest absolute Gasteiger partial charge is 0.389 e. The zero-order valence-corrected chi connectivity index (χ0v) is 9.32. The molecule has 2 aromatic heterocycles. The van der Waals surface area contributed by atoms with E-state index < -0.39 is 6.10 Å². The van der Waals surface area contributed by atoms with Crippen LogP contribution in [0.1, 0.15) is 24.3 Å². The average Bonchev–Trinajstić information content (AvgIpc) is 2.69. The molecule has 2 rings (SSSR count). The maximum absolute atomic E-state index is 9.44. The monoisotopic (exact) mass is 221 g/mol. The number of aromatic nitrogens is 3. The first-order valence-electron chi connectivity index (χ1n) is 4.59. The summed E-state index contributed by atoms with van der Waals surface area (Å²) in [4.78, 5) is 13.5. The van der Waals surface area contributed by atoms with E-state index >= 15 is 0 Å². The van der Waals surface area contributed by atoms with Crippen molar-refractivity contribution in [1.82, 2.24) is 15.0 Å². The van der Waals surface area contributed by atoms with Crippen molar-refractivity contribution >= 4 is 11.3 Å². The van der Waals surface area contributed by atoms with Crippen molar-refractivity contribution in [3.63, 3.8) is 0 Å². The van der Waals surface area contributed by atoms with Crippen molar-refractivity contribution < 1.29 is 5.11 Å². The van der Waals surface area contributed by atoms with Gasteiger partial charge in [-0.05, 0) is 13.8 Å². The Morgan fingerprint density at radius 3 is 2.73 bits per heavy atom. The molecule has 78 valence electrons. The minimum absolute atomic E-state index is 0.527. The van der Waals surface area contributed by atoms with Crippen molar-refractivity contribution in [2.24, 2.45) is 0 Å². The first-order valence-corrected chi connectivity index (χ1v) is 5.47. The Kier molecular flexibility index (Phi) is 2.75. The second kappa shape index (κ2) is 4.04. The Bertz CT molecular complexity index is 454. The van der Waals surface area contributed by atoms with Crippen LogP contribution in [-0.4, -0.2) is 20.1 Å². The number of nitrogens with zero attached hydrogens (tertiary/aromatic N) is 3. The van der Waals surface area contributed by atoms with Gasteiger partial charge in [0, 0.05) is 23.7 Å². The zero-order chi connectivity index (χ0) is 10.8. The SMILES string of the molecule is Cc1nc(-c2cncs2)ncc1[C@@H](C)O. The summed E-state index contributed by atoms with van der Waals surface area (Å²) < 4.78 is 0. The highest BCUT2D eigenvalue weighted by Crippen LogP contribution is 2.21. The first kappa shape index (κ1) is 10.2. The molecule has 0 radical (unpaired) electrons. The molecule has 2 heterocycles. The Balaban J connectivity index is 2.42. The predicted octanol–water partition coefficient (Wildman–Crippen LogP) is 1.96. The smallest absolute Gasteiger partial charge is 0.171 e. The summed E-state index contributed by atoms with van der Waals surface area (Å²) >= 11 is 1.50. The summed E-state index contributed by atoms with van der Waals surface area (Å²) in [5.41, 5.74) is 3.32. The van der Waals surface area contributed by atoms with Crippen LogP contribution in [-0.2, 0) is 0 Å². The normalized spacial score (nSPS) is 12.7. The second-order valence-electron chi connectivity index (χ2n) is 3.28. The van der Waals surface area contributed by atoms with Crippen molar-refractivity contribution in [3.05, 3.63) is 29.2 Å². The molecule has 0 aromatic carbocycles. The van der Waals surface area contributed by atoms with E-state index in [2.05, 4.69) is 15.0 Å². The van der Waals surface area contributed by atoms with E-state index in [1.807, 2.05) is 6.92 Å². The number of aliphatic hydroxyl groups is 1. The molecule has 1 atom stereocenters. The zero-order valence-electron chi connectivity index (χ0n) is 8.51. The van der Waals surface area contributed by atoms with Gasteiger partial charge in [0.25, 0.3) is 0 Å². The number of thiazole rings is 1. The van der Waals surface area contributed by atoms with Gasteiger partial charge in [0.2, 0.25) is 0 Å². The Hall–Kier alpha value is -1.33. The highest BCUT2D eigenvalue weighted by atomic mass is 32.1. The fourth-order valence-electron chi connectivity index (χ4n) is 1.33. The molecule has 0 spiro atoms. The Labute approximate surface area is 91.7 Å². The number of rotatable bonds is 2. The molecule has 0 aliphatic rings. The average molecular weight is 221 g/mol. The summed E-state index contributed by atoms with van der Waals surface area (Å²) in [5, 5.41) is 9.44. The maximum Gasteiger partial charge on any atom is 0.171 e. The van der Waals surface area contributed by atoms with Crippen LogP contribution in [0, 0.1) is 6.92 Å². The quantitative estimate of drug-likeness (QED) is 0.842. The van der Waals surface area contributed by atoms with Gasteiger partial charge in [-0.15, -0.1) is 11.3 Å². The summed E-state index contributed by atoms with van der Waals surface area (Å²) in [6.45, 7) is 3.58. The third-order valence-corrected chi connectivity index (χ3v) is 2.89. The molecule has 0 aliphatic heterocycles. The lowest BCUT2D eigenvalue weighted by Gasteiger charge is -2.07. The molecule has 15 heavy (non-hydrogen) atoms. The fourth-order valence-corrected chi connectivity index (χ4v) is 1.89. The lowest BCUT2D eigenvalue weighted by atomic mass is 10.1. The van der Waals surface area contributed by atoms with Crippen LogP contribution in [0.15, 0.2) is 17.9 Å². The molecule has 2 aromatic rings. The van der Waals surface area contributed by atoms with Crippen LogP contribution in [0.3, 0.4) is 0 Å². The van der Waals surface area contributed by atoms with E-state index in [4.69, 9.17) is 0 Å². The van der Waals surface area contributed by atoms with Crippen LogP contribution in [0.25, 0.3) is 10.7 Å². The standard InChI is InChI=1S/C10H11N3OS/c1-6-8(7(2)14)3-12-10(13-6)9-4-11-5-15-9/h3-5,7,14H,1-2H3/t7-/m1/s1. The van der Waals surface area contributed by atoms with Crippen molar-refractivity contribution in [2.75, 3.05) is 0 Å². The van der Waals surface area contributed by atoms with Gasteiger partial charge >= 0.3 is 0 Å². The van der Waals surface area contributed by atoms with Gasteiger partial charge in [-0.25, -0.2) is 9.97 Å². The van der Waals surface area contributed by atoms with Gasteiger partial charge in [-0.2, -0.15) is 0 Å². The van der Waals surface area contributed by atoms with Crippen molar-refractivity contribution in [2.45, 2.75) is 20.0 Å². The molecule has 4 nitrogen and oxygen atoms in total. The third kappa shape index (κ3) is 2.03. The van der Waals surface area contributed by atoms with Gasteiger partial charge in [0.1, 0.15) is 0 Å². The van der Waals surface area contributed by atoms with E-state index in [9.17, 15) is 5.11 Å². The van der Waals surface area contributed by atoms with Crippen molar-refractivity contribution in [3.8, 4) is 10.7 Å². The van der Waals surface area contributed by atoms with Gasteiger partial charge in [0.15, 0.2) is 5.82 Å². The Morgan fingerprint density at radius 1 is 1.40 bits per heavy atom. The van der Waals surface area contributed by atoms with Crippen LogP contribution < -0.4 is 0 Å². The van der Waals surface area contributed by atoms with Crippen LogP contribution >= 0.6 is 11.3 Å². The number of hydrogen-bond acceptors (Lipinski definition) is 5. The summed E-state index contributed by atoms with van der Waals surface area (Å²) in [6, 6.07) is 0. The third-order valence-electron chi connectivity index (χ3n) is 2.12. The molecular formula is C10H11N3OS. The van der Waals surface area contributed by atoms with Gasteiger partial charge in [-0.3, -0.25) is 4.98 Å². The molecule has 0 amide bonds. The predicted molar refractivity (Wildman–Crippen MR) is 58.5 cm³/mol. The highest BCUT2D eigenvalue weighted by molar-refractivity contribution is 7.13. The molecule has 0 saturated heterocycles. The minimum atomic E-state index is -0.527. The number of hydrogen-bond donors (Lipinski definition) is 1. The molecule has 0 saturated carbocycles. The van der Waals surface area contributed by atoms with E-state index in [1.54, 1.807) is 24.8 Å². The van der Waals surface area contributed by atoms with Crippen molar-refractivity contribution in [1.29, 1.82) is 0 Å². The summed E-state index contributed by atoms with van der Waals surface area (Å²) in [7, 11) is 0. The molecule has 5 heteroatoms. The van der Waals surface area contributed by atoms with Crippen LogP contribution in [0.2, 0.25) is 0 Å². The molecule has 0 unspecified atom stereocenters. The molecule has 0 aliphatic carbocycles. The Morgan fingerprint density at radius 2 is 2.20 bits per heavy atom. The summed E-state index contributed by atoms with van der Waals surface area (Å²) in [5.74, 6) is 0.666. The summed E-state index contributed by atoms with van der Waals surface area (Å²) in [6.07, 6.45) is 2.88. The van der Waals surface area contributed by atoms with Gasteiger partial charge in [0.05, 0.1) is 16.5 Å². The van der Waals surface area contributed by atoms with Gasteiger partial charge in [-0.1, -0.05) is 0 Å². The number of aryl methyl sites for hydroxylation is 1. The van der Waals surface area contributed by atoms with E-state index in [0.29, 0.717) is 5.82 Å². The topological polar surface area (TPSA) is 58.9 Å². The molecule has 0 bridgehead atoms. The van der Waals surface area contributed by atoms with Crippen LogP contribution in [0.5, 0.6) is 0 Å². The van der Waals surface area contributed by atoms with E-state index in [1.165, 1.54) is 11.3 Å². The fraction of sp³-hybridized carbons (Fsp3) is 0.300. The lowest BCUT2D eigenvalue weighted by molar-refractivity contribution is 0.197.